The average molecular weight is 269 g/mol. The summed E-state index contributed by atoms with van der Waals surface area (Å²) in [6.45, 7) is 4.63. The van der Waals surface area contributed by atoms with Gasteiger partial charge in [0.05, 0.1) is 12.7 Å². The molecule has 1 aliphatic rings. The molecule has 1 aromatic heterocycles. The van der Waals surface area contributed by atoms with Crippen LogP contribution >= 0.6 is 0 Å². The van der Waals surface area contributed by atoms with E-state index >= 15 is 0 Å². The van der Waals surface area contributed by atoms with E-state index in [4.69, 9.17) is 0 Å². The van der Waals surface area contributed by atoms with Crippen molar-refractivity contribution in [1.29, 1.82) is 0 Å². The van der Waals surface area contributed by atoms with Crippen molar-refractivity contribution in [2.45, 2.75) is 32.2 Å². The van der Waals surface area contributed by atoms with Crippen LogP contribution in [0.3, 0.4) is 0 Å². The fourth-order valence-corrected chi connectivity index (χ4v) is 2.87. The summed E-state index contributed by atoms with van der Waals surface area (Å²) >= 11 is 0. The fourth-order valence-electron chi connectivity index (χ4n) is 2.87. The summed E-state index contributed by atoms with van der Waals surface area (Å²) in [5.74, 6) is 0. The predicted octanol–water partition coefficient (Wildman–Crippen LogP) is 3.43. The summed E-state index contributed by atoms with van der Waals surface area (Å²) < 4.78 is 2.08. The number of hydrogen-bond donors (Lipinski definition) is 0. The van der Waals surface area contributed by atoms with E-state index in [1.165, 1.54) is 49.9 Å². The van der Waals surface area contributed by atoms with E-state index in [1.807, 2.05) is 12.3 Å². The van der Waals surface area contributed by atoms with Crippen molar-refractivity contribution < 1.29 is 0 Å². The van der Waals surface area contributed by atoms with E-state index in [1.54, 1.807) is 0 Å². The van der Waals surface area contributed by atoms with Crippen LogP contribution < -0.4 is 0 Å². The number of aromatic nitrogens is 2. The van der Waals surface area contributed by atoms with Gasteiger partial charge in [0, 0.05) is 18.3 Å². The zero-order valence-corrected chi connectivity index (χ0v) is 12.0. The Hall–Kier alpha value is -1.61. The Bertz CT molecular complexity index is 510. The highest BCUT2D eigenvalue weighted by Gasteiger charge is 2.09. The van der Waals surface area contributed by atoms with Crippen LogP contribution in [0, 0.1) is 0 Å². The van der Waals surface area contributed by atoms with Gasteiger partial charge in [0.1, 0.15) is 0 Å². The maximum absolute atomic E-state index is 4.49. The van der Waals surface area contributed by atoms with Crippen LogP contribution in [0.5, 0.6) is 0 Å². The molecule has 3 heteroatoms. The summed E-state index contributed by atoms with van der Waals surface area (Å²) in [6.07, 6.45) is 9.64. The standard InChI is InChI=1S/C17H23N3/c1-2-7-11-19(10-6-1)12-13-20-15-17(14-18-20)16-8-4-3-5-9-16/h3-5,8-9,14-15H,1-2,6-7,10-13H2. The first-order valence-electron chi connectivity index (χ1n) is 7.72. The van der Waals surface area contributed by atoms with Crippen molar-refractivity contribution in [1.82, 2.24) is 14.7 Å². The molecule has 0 saturated carbocycles. The van der Waals surface area contributed by atoms with Gasteiger partial charge < -0.3 is 4.90 Å². The van der Waals surface area contributed by atoms with Gasteiger partial charge in [-0.05, 0) is 31.5 Å². The molecule has 0 bridgehead atoms. The predicted molar refractivity (Wildman–Crippen MR) is 82.6 cm³/mol. The van der Waals surface area contributed by atoms with Crippen LogP contribution in [0.2, 0.25) is 0 Å². The molecule has 0 spiro atoms. The monoisotopic (exact) mass is 269 g/mol. The molecule has 0 amide bonds. The second-order valence-electron chi connectivity index (χ2n) is 5.61. The highest BCUT2D eigenvalue weighted by Crippen LogP contribution is 2.17. The molecule has 2 aromatic rings. The summed E-state index contributed by atoms with van der Waals surface area (Å²) in [4.78, 5) is 2.58. The summed E-state index contributed by atoms with van der Waals surface area (Å²) in [5, 5.41) is 4.49. The number of rotatable bonds is 4. The lowest BCUT2D eigenvalue weighted by Crippen LogP contribution is -2.28. The third-order valence-electron chi connectivity index (χ3n) is 4.08. The van der Waals surface area contributed by atoms with Gasteiger partial charge in [-0.25, -0.2) is 0 Å². The molecule has 20 heavy (non-hydrogen) atoms. The lowest BCUT2D eigenvalue weighted by atomic mass is 10.1. The molecule has 1 saturated heterocycles. The second-order valence-corrected chi connectivity index (χ2v) is 5.61. The van der Waals surface area contributed by atoms with E-state index in [0.717, 1.165) is 13.1 Å². The number of likely N-dealkylation sites (tertiary alicyclic amines) is 1. The third-order valence-corrected chi connectivity index (χ3v) is 4.08. The highest BCUT2D eigenvalue weighted by molar-refractivity contribution is 5.61. The van der Waals surface area contributed by atoms with E-state index in [9.17, 15) is 0 Å². The zero-order chi connectivity index (χ0) is 13.6. The van der Waals surface area contributed by atoms with Crippen molar-refractivity contribution in [3.63, 3.8) is 0 Å². The van der Waals surface area contributed by atoms with Crippen LogP contribution in [0.1, 0.15) is 25.7 Å². The van der Waals surface area contributed by atoms with Crippen LogP contribution in [-0.2, 0) is 6.54 Å². The summed E-state index contributed by atoms with van der Waals surface area (Å²) in [6, 6.07) is 10.5. The minimum atomic E-state index is 0.993. The Morgan fingerprint density at radius 3 is 2.35 bits per heavy atom. The first-order valence-corrected chi connectivity index (χ1v) is 7.72. The minimum absolute atomic E-state index is 0.993. The van der Waals surface area contributed by atoms with Crippen LogP contribution in [0.25, 0.3) is 11.1 Å². The van der Waals surface area contributed by atoms with Gasteiger partial charge in [-0.3, -0.25) is 4.68 Å². The molecule has 1 aliphatic heterocycles. The van der Waals surface area contributed by atoms with E-state index in [-0.39, 0.29) is 0 Å². The Labute approximate surface area is 121 Å². The van der Waals surface area contributed by atoms with Crippen LogP contribution in [-0.4, -0.2) is 34.3 Å². The van der Waals surface area contributed by atoms with Gasteiger partial charge in [-0.1, -0.05) is 43.2 Å². The number of benzene rings is 1. The van der Waals surface area contributed by atoms with Crippen molar-refractivity contribution in [3.05, 3.63) is 42.7 Å². The SMILES string of the molecule is c1ccc(-c2cnn(CCN3CCCCCC3)c2)cc1. The molecule has 3 nitrogen and oxygen atoms in total. The first-order chi connectivity index (χ1) is 9.92. The maximum Gasteiger partial charge on any atom is 0.0568 e. The molecule has 0 radical (unpaired) electrons. The molecular formula is C17H23N3. The highest BCUT2D eigenvalue weighted by atomic mass is 15.3. The average Bonchev–Trinajstić information content (AvgIpc) is 2.82. The minimum Gasteiger partial charge on any atom is -0.301 e. The molecule has 1 fully saturated rings. The topological polar surface area (TPSA) is 21.1 Å². The second kappa shape index (κ2) is 6.71. The van der Waals surface area contributed by atoms with Gasteiger partial charge >= 0.3 is 0 Å². The lowest BCUT2D eigenvalue weighted by Gasteiger charge is -2.19. The third kappa shape index (κ3) is 3.48. The van der Waals surface area contributed by atoms with Crippen molar-refractivity contribution in [2.75, 3.05) is 19.6 Å². The van der Waals surface area contributed by atoms with Crippen LogP contribution in [0.15, 0.2) is 42.7 Å². The smallest absolute Gasteiger partial charge is 0.0568 e. The number of hydrogen-bond acceptors (Lipinski definition) is 2. The van der Waals surface area contributed by atoms with Gasteiger partial charge in [0.25, 0.3) is 0 Å². The molecule has 1 aromatic carbocycles. The molecule has 106 valence electrons. The Balaban J connectivity index is 1.57. The zero-order valence-electron chi connectivity index (χ0n) is 12.0. The molecule has 2 heterocycles. The quantitative estimate of drug-likeness (QED) is 0.848. The normalized spacial score (nSPS) is 17.0. The van der Waals surface area contributed by atoms with E-state index < -0.39 is 0 Å². The van der Waals surface area contributed by atoms with Crippen molar-refractivity contribution in [3.8, 4) is 11.1 Å². The van der Waals surface area contributed by atoms with Crippen molar-refractivity contribution in [2.24, 2.45) is 0 Å². The molecule has 0 aliphatic carbocycles. The molecule has 3 rings (SSSR count). The van der Waals surface area contributed by atoms with E-state index in [2.05, 4.69) is 45.1 Å². The number of nitrogens with zero attached hydrogens (tertiary/aromatic N) is 3. The Morgan fingerprint density at radius 1 is 0.850 bits per heavy atom. The Kier molecular flexibility index (Phi) is 4.49. The largest absolute Gasteiger partial charge is 0.301 e. The van der Waals surface area contributed by atoms with Gasteiger partial charge in [-0.15, -0.1) is 0 Å². The maximum atomic E-state index is 4.49. The van der Waals surface area contributed by atoms with Crippen molar-refractivity contribution >= 4 is 0 Å². The molecule has 0 atom stereocenters. The van der Waals surface area contributed by atoms with Crippen LogP contribution in [0.4, 0.5) is 0 Å². The lowest BCUT2D eigenvalue weighted by molar-refractivity contribution is 0.268. The van der Waals surface area contributed by atoms with Gasteiger partial charge in [-0.2, -0.15) is 5.10 Å². The van der Waals surface area contributed by atoms with Gasteiger partial charge in [0.15, 0.2) is 0 Å². The fraction of sp³-hybridized carbons (Fsp3) is 0.471. The summed E-state index contributed by atoms with van der Waals surface area (Å²) in [5.41, 5.74) is 2.45. The van der Waals surface area contributed by atoms with Gasteiger partial charge in [0.2, 0.25) is 0 Å². The summed E-state index contributed by atoms with van der Waals surface area (Å²) in [7, 11) is 0. The Morgan fingerprint density at radius 2 is 1.60 bits per heavy atom. The molecule has 0 unspecified atom stereocenters. The molecular weight excluding hydrogens is 246 g/mol. The first kappa shape index (κ1) is 13.4. The molecule has 0 N–H and O–H groups in total. The van der Waals surface area contributed by atoms with E-state index in [0.29, 0.717) is 0 Å².